The number of carboxylic acids is 1. The standard InChI is InChI=1S/C9H19NO2/c1-3-4-5-7(2)8(10)6-9(11)12/h7-8H,3-6,10H2,1-2H3,(H,11,12). The molecule has 3 heteroatoms. The number of carboxylic acid groups (broad SMARTS) is 1. The van der Waals surface area contributed by atoms with Crippen LogP contribution in [-0.4, -0.2) is 17.1 Å². The van der Waals surface area contributed by atoms with Gasteiger partial charge in [-0.2, -0.15) is 0 Å². The van der Waals surface area contributed by atoms with Crippen LogP contribution in [0.4, 0.5) is 0 Å². The molecule has 3 N–H and O–H groups in total. The van der Waals surface area contributed by atoms with Crippen molar-refractivity contribution in [1.29, 1.82) is 0 Å². The van der Waals surface area contributed by atoms with Crippen LogP contribution in [0.15, 0.2) is 0 Å². The monoisotopic (exact) mass is 173 g/mol. The third kappa shape index (κ3) is 5.13. The highest BCUT2D eigenvalue weighted by Crippen LogP contribution is 2.12. The van der Waals surface area contributed by atoms with Gasteiger partial charge in [0.05, 0.1) is 6.42 Å². The van der Waals surface area contributed by atoms with Gasteiger partial charge in [0, 0.05) is 6.04 Å². The molecular formula is C9H19NO2. The van der Waals surface area contributed by atoms with E-state index < -0.39 is 5.97 Å². The Labute approximate surface area is 74.0 Å². The molecule has 0 aliphatic rings. The Morgan fingerprint density at radius 2 is 2.17 bits per heavy atom. The summed E-state index contributed by atoms with van der Waals surface area (Å²) in [6.45, 7) is 4.14. The molecule has 0 aromatic rings. The minimum Gasteiger partial charge on any atom is -0.481 e. The molecule has 0 amide bonds. The molecule has 2 atom stereocenters. The Morgan fingerprint density at radius 3 is 2.58 bits per heavy atom. The number of carbonyl (C=O) groups is 1. The van der Waals surface area contributed by atoms with Gasteiger partial charge < -0.3 is 10.8 Å². The maximum Gasteiger partial charge on any atom is 0.304 e. The fraction of sp³-hybridized carbons (Fsp3) is 0.889. The summed E-state index contributed by atoms with van der Waals surface area (Å²) in [6.07, 6.45) is 3.40. The lowest BCUT2D eigenvalue weighted by Gasteiger charge is -2.17. The summed E-state index contributed by atoms with van der Waals surface area (Å²) in [5.74, 6) is -0.480. The SMILES string of the molecule is CCCCC(C)C(N)CC(=O)O. The van der Waals surface area contributed by atoms with Crippen molar-refractivity contribution in [1.82, 2.24) is 0 Å². The van der Waals surface area contributed by atoms with Crippen molar-refractivity contribution in [3.8, 4) is 0 Å². The van der Waals surface area contributed by atoms with E-state index in [0.717, 1.165) is 19.3 Å². The Hall–Kier alpha value is -0.570. The molecule has 0 aliphatic heterocycles. The van der Waals surface area contributed by atoms with E-state index in [1.807, 2.05) is 6.92 Å². The van der Waals surface area contributed by atoms with E-state index in [0.29, 0.717) is 5.92 Å². The van der Waals surface area contributed by atoms with Gasteiger partial charge in [0.25, 0.3) is 0 Å². The van der Waals surface area contributed by atoms with Crippen LogP contribution in [0.1, 0.15) is 39.5 Å². The lowest BCUT2D eigenvalue weighted by Crippen LogP contribution is -2.30. The van der Waals surface area contributed by atoms with Gasteiger partial charge >= 0.3 is 5.97 Å². The second-order valence-electron chi connectivity index (χ2n) is 3.38. The molecular weight excluding hydrogens is 154 g/mol. The summed E-state index contributed by atoms with van der Waals surface area (Å²) >= 11 is 0. The molecule has 2 unspecified atom stereocenters. The van der Waals surface area contributed by atoms with Crippen LogP contribution in [0.3, 0.4) is 0 Å². The van der Waals surface area contributed by atoms with Crippen molar-refractivity contribution in [3.05, 3.63) is 0 Å². The van der Waals surface area contributed by atoms with E-state index >= 15 is 0 Å². The van der Waals surface area contributed by atoms with E-state index in [4.69, 9.17) is 10.8 Å². The van der Waals surface area contributed by atoms with Gasteiger partial charge in [-0.25, -0.2) is 0 Å². The van der Waals surface area contributed by atoms with E-state index in [1.54, 1.807) is 0 Å². The summed E-state index contributed by atoms with van der Waals surface area (Å²) < 4.78 is 0. The van der Waals surface area contributed by atoms with Gasteiger partial charge in [-0.15, -0.1) is 0 Å². The van der Waals surface area contributed by atoms with Gasteiger partial charge in [-0.1, -0.05) is 26.7 Å². The normalized spacial score (nSPS) is 15.6. The number of hydrogen-bond donors (Lipinski definition) is 2. The molecule has 0 aromatic heterocycles. The second kappa shape index (κ2) is 6.00. The van der Waals surface area contributed by atoms with E-state index in [2.05, 4.69) is 6.92 Å². The molecule has 0 spiro atoms. The Balaban J connectivity index is 3.60. The number of rotatable bonds is 6. The number of hydrogen-bond acceptors (Lipinski definition) is 2. The lowest BCUT2D eigenvalue weighted by molar-refractivity contribution is -0.137. The Kier molecular flexibility index (Phi) is 5.72. The first-order chi connectivity index (χ1) is 5.57. The number of nitrogens with two attached hydrogens (primary N) is 1. The third-order valence-corrected chi connectivity index (χ3v) is 2.15. The zero-order valence-electron chi connectivity index (χ0n) is 7.92. The number of unbranched alkanes of at least 4 members (excludes halogenated alkanes) is 1. The maximum absolute atomic E-state index is 10.3. The van der Waals surface area contributed by atoms with Gasteiger partial charge in [-0.05, 0) is 12.3 Å². The minimum absolute atomic E-state index is 0.0882. The molecule has 0 fully saturated rings. The molecule has 0 saturated heterocycles. The van der Waals surface area contributed by atoms with Gasteiger partial charge in [0.1, 0.15) is 0 Å². The second-order valence-corrected chi connectivity index (χ2v) is 3.38. The summed E-state index contributed by atoms with van der Waals surface area (Å²) in [5.41, 5.74) is 5.68. The molecule has 0 radical (unpaired) electrons. The van der Waals surface area contributed by atoms with Crippen molar-refractivity contribution in [2.24, 2.45) is 11.7 Å². The fourth-order valence-electron chi connectivity index (χ4n) is 1.14. The van der Waals surface area contributed by atoms with Crippen LogP contribution >= 0.6 is 0 Å². The summed E-state index contributed by atoms with van der Waals surface area (Å²) in [6, 6.07) is -0.186. The molecule has 0 saturated carbocycles. The average Bonchev–Trinajstić information content (AvgIpc) is 1.98. The zero-order chi connectivity index (χ0) is 9.56. The molecule has 0 aliphatic carbocycles. The van der Waals surface area contributed by atoms with E-state index in [1.165, 1.54) is 0 Å². The fourth-order valence-corrected chi connectivity index (χ4v) is 1.14. The van der Waals surface area contributed by atoms with Crippen molar-refractivity contribution in [2.45, 2.75) is 45.6 Å². The third-order valence-electron chi connectivity index (χ3n) is 2.15. The predicted molar refractivity (Wildman–Crippen MR) is 48.9 cm³/mol. The van der Waals surface area contributed by atoms with Crippen LogP contribution in [0.2, 0.25) is 0 Å². The smallest absolute Gasteiger partial charge is 0.304 e. The lowest BCUT2D eigenvalue weighted by atomic mass is 9.94. The minimum atomic E-state index is -0.800. The summed E-state index contributed by atoms with van der Waals surface area (Å²) in [7, 11) is 0. The van der Waals surface area contributed by atoms with E-state index in [9.17, 15) is 4.79 Å². The highest BCUT2D eigenvalue weighted by molar-refractivity contribution is 5.67. The first kappa shape index (κ1) is 11.4. The van der Waals surface area contributed by atoms with E-state index in [-0.39, 0.29) is 12.5 Å². The van der Waals surface area contributed by atoms with Crippen LogP contribution in [-0.2, 0) is 4.79 Å². The molecule has 0 heterocycles. The topological polar surface area (TPSA) is 63.3 Å². The molecule has 3 nitrogen and oxygen atoms in total. The predicted octanol–water partition coefficient (Wildman–Crippen LogP) is 1.61. The average molecular weight is 173 g/mol. The van der Waals surface area contributed by atoms with Crippen LogP contribution in [0.25, 0.3) is 0 Å². The zero-order valence-corrected chi connectivity index (χ0v) is 7.92. The van der Waals surface area contributed by atoms with Crippen molar-refractivity contribution >= 4 is 5.97 Å². The van der Waals surface area contributed by atoms with Crippen molar-refractivity contribution in [3.63, 3.8) is 0 Å². The molecule has 0 aromatic carbocycles. The summed E-state index contributed by atoms with van der Waals surface area (Å²) in [4.78, 5) is 10.3. The van der Waals surface area contributed by atoms with Crippen LogP contribution < -0.4 is 5.73 Å². The van der Waals surface area contributed by atoms with Crippen molar-refractivity contribution < 1.29 is 9.90 Å². The Morgan fingerprint density at radius 1 is 1.58 bits per heavy atom. The number of aliphatic carboxylic acids is 1. The molecule has 0 rings (SSSR count). The quantitative estimate of drug-likeness (QED) is 0.641. The molecule has 12 heavy (non-hydrogen) atoms. The van der Waals surface area contributed by atoms with Gasteiger partial charge in [-0.3, -0.25) is 4.79 Å². The largest absolute Gasteiger partial charge is 0.481 e. The first-order valence-corrected chi connectivity index (χ1v) is 4.55. The molecule has 0 bridgehead atoms. The molecule has 72 valence electrons. The summed E-state index contributed by atoms with van der Waals surface area (Å²) in [5, 5.41) is 8.48. The Bertz CT molecular complexity index is 136. The highest BCUT2D eigenvalue weighted by atomic mass is 16.4. The maximum atomic E-state index is 10.3. The van der Waals surface area contributed by atoms with Gasteiger partial charge in [0.15, 0.2) is 0 Å². The van der Waals surface area contributed by atoms with Crippen molar-refractivity contribution in [2.75, 3.05) is 0 Å². The van der Waals surface area contributed by atoms with Crippen LogP contribution in [0.5, 0.6) is 0 Å². The van der Waals surface area contributed by atoms with Crippen LogP contribution in [0, 0.1) is 5.92 Å². The highest BCUT2D eigenvalue weighted by Gasteiger charge is 2.14. The first-order valence-electron chi connectivity index (χ1n) is 4.55. The van der Waals surface area contributed by atoms with Gasteiger partial charge in [0.2, 0.25) is 0 Å².